The fourth-order valence-corrected chi connectivity index (χ4v) is 2.93. The standard InChI is InChI=1S/C19H13F3N6S/c20-19(21,22)14-9-5-4-8-13(14)11-23-28-17(26-27-18(28)29)16-10-15(24-25-16)12-6-2-1-3-7-12/h1-11H,(H,24,25)(H,27,29)/b23-11+. The normalized spacial score (nSPS) is 12.0. The van der Waals surface area contributed by atoms with Crippen molar-refractivity contribution in [1.29, 1.82) is 0 Å². The predicted octanol–water partition coefficient (Wildman–Crippen LogP) is 4.90. The van der Waals surface area contributed by atoms with Gasteiger partial charge in [-0.1, -0.05) is 48.5 Å². The van der Waals surface area contributed by atoms with Gasteiger partial charge in [-0.05, 0) is 24.4 Å². The minimum atomic E-state index is -4.49. The van der Waals surface area contributed by atoms with Crippen molar-refractivity contribution in [3.63, 3.8) is 0 Å². The molecule has 10 heteroatoms. The van der Waals surface area contributed by atoms with Crippen LogP contribution in [-0.4, -0.2) is 31.3 Å². The van der Waals surface area contributed by atoms with E-state index < -0.39 is 11.7 Å². The Labute approximate surface area is 167 Å². The van der Waals surface area contributed by atoms with Gasteiger partial charge < -0.3 is 0 Å². The molecule has 0 spiro atoms. The van der Waals surface area contributed by atoms with Gasteiger partial charge in [0.2, 0.25) is 10.6 Å². The van der Waals surface area contributed by atoms with E-state index in [1.165, 1.54) is 22.9 Å². The maximum absolute atomic E-state index is 13.2. The fourth-order valence-electron chi connectivity index (χ4n) is 2.75. The van der Waals surface area contributed by atoms with Crippen LogP contribution in [-0.2, 0) is 6.18 Å². The largest absolute Gasteiger partial charge is 0.417 e. The third-order valence-corrected chi connectivity index (χ3v) is 4.38. The minimum Gasteiger partial charge on any atom is -0.274 e. The number of nitrogens with zero attached hydrogens (tertiary/aromatic N) is 4. The van der Waals surface area contributed by atoms with Crippen molar-refractivity contribution in [2.24, 2.45) is 5.10 Å². The van der Waals surface area contributed by atoms with E-state index in [0.717, 1.165) is 17.8 Å². The number of H-pyrrole nitrogens is 2. The molecule has 0 amide bonds. The van der Waals surface area contributed by atoms with Gasteiger partial charge in [0.25, 0.3) is 0 Å². The number of hydrogen-bond acceptors (Lipinski definition) is 4. The van der Waals surface area contributed by atoms with Crippen LogP contribution in [0.1, 0.15) is 11.1 Å². The third-order valence-electron chi connectivity index (χ3n) is 4.12. The number of hydrogen-bond donors (Lipinski definition) is 2. The molecule has 0 unspecified atom stereocenters. The molecule has 0 aliphatic heterocycles. The first-order valence-corrected chi connectivity index (χ1v) is 8.83. The van der Waals surface area contributed by atoms with Crippen LogP contribution >= 0.6 is 12.2 Å². The summed E-state index contributed by atoms with van der Waals surface area (Å²) in [6.45, 7) is 0. The second-order valence-electron chi connectivity index (χ2n) is 6.03. The zero-order valence-corrected chi connectivity index (χ0v) is 15.5. The number of aromatic nitrogens is 5. The molecule has 2 aromatic carbocycles. The zero-order valence-electron chi connectivity index (χ0n) is 14.7. The van der Waals surface area contributed by atoms with E-state index in [4.69, 9.17) is 12.2 Å². The van der Waals surface area contributed by atoms with E-state index in [9.17, 15) is 13.2 Å². The van der Waals surface area contributed by atoms with Crippen LogP contribution in [0.4, 0.5) is 13.2 Å². The van der Waals surface area contributed by atoms with Gasteiger partial charge in [-0.15, -0.1) is 0 Å². The highest BCUT2D eigenvalue weighted by atomic mass is 32.1. The topological polar surface area (TPSA) is 74.7 Å². The molecule has 0 bridgehead atoms. The lowest BCUT2D eigenvalue weighted by Gasteiger charge is -2.09. The van der Waals surface area contributed by atoms with Gasteiger partial charge in [-0.25, -0.2) is 5.10 Å². The Balaban J connectivity index is 1.71. The summed E-state index contributed by atoms with van der Waals surface area (Å²) >= 11 is 5.17. The molecule has 4 aromatic rings. The van der Waals surface area contributed by atoms with E-state index >= 15 is 0 Å². The SMILES string of the molecule is FC(F)(F)c1ccccc1/C=N/n1c(-c2cc(-c3ccccc3)n[nH]2)n[nH]c1=S. The Morgan fingerprint density at radius 3 is 2.45 bits per heavy atom. The molecule has 29 heavy (non-hydrogen) atoms. The number of halogens is 3. The van der Waals surface area contributed by atoms with Crippen molar-refractivity contribution < 1.29 is 13.2 Å². The van der Waals surface area contributed by atoms with Crippen LogP contribution in [0.5, 0.6) is 0 Å². The summed E-state index contributed by atoms with van der Waals surface area (Å²) < 4.78 is 40.9. The monoisotopic (exact) mass is 414 g/mol. The van der Waals surface area contributed by atoms with Gasteiger partial charge in [0.05, 0.1) is 17.5 Å². The number of aromatic amines is 2. The average Bonchev–Trinajstić information content (AvgIpc) is 3.33. The van der Waals surface area contributed by atoms with Crippen molar-refractivity contribution in [2.45, 2.75) is 6.18 Å². The first-order valence-electron chi connectivity index (χ1n) is 8.42. The van der Waals surface area contributed by atoms with Crippen molar-refractivity contribution in [2.75, 3.05) is 0 Å². The number of nitrogens with one attached hydrogen (secondary N) is 2. The Kier molecular flexibility index (Phi) is 4.85. The van der Waals surface area contributed by atoms with E-state index in [0.29, 0.717) is 17.2 Å². The van der Waals surface area contributed by atoms with E-state index in [2.05, 4.69) is 25.5 Å². The Hall–Kier alpha value is -3.53. The lowest BCUT2D eigenvalue weighted by atomic mass is 10.1. The summed E-state index contributed by atoms with van der Waals surface area (Å²) in [5.74, 6) is 0.297. The summed E-state index contributed by atoms with van der Waals surface area (Å²) in [6, 6.07) is 16.4. The highest BCUT2D eigenvalue weighted by Gasteiger charge is 2.32. The number of alkyl halides is 3. The molecule has 2 N–H and O–H groups in total. The van der Waals surface area contributed by atoms with Gasteiger partial charge in [0.1, 0.15) is 5.69 Å². The Bertz CT molecular complexity index is 1220. The Morgan fingerprint density at radius 1 is 0.966 bits per heavy atom. The molecule has 0 radical (unpaired) electrons. The average molecular weight is 414 g/mol. The van der Waals surface area contributed by atoms with Gasteiger partial charge >= 0.3 is 6.18 Å². The van der Waals surface area contributed by atoms with Gasteiger partial charge in [0, 0.05) is 11.1 Å². The fraction of sp³-hybridized carbons (Fsp3) is 0.0526. The lowest BCUT2D eigenvalue weighted by molar-refractivity contribution is -0.137. The van der Waals surface area contributed by atoms with Crippen LogP contribution in [0, 0.1) is 4.77 Å². The zero-order chi connectivity index (χ0) is 20.4. The Morgan fingerprint density at radius 2 is 1.69 bits per heavy atom. The van der Waals surface area contributed by atoms with Gasteiger partial charge in [0.15, 0.2) is 0 Å². The highest BCUT2D eigenvalue weighted by Crippen LogP contribution is 2.31. The van der Waals surface area contributed by atoms with Crippen LogP contribution in [0.2, 0.25) is 0 Å². The molecule has 0 saturated carbocycles. The molecule has 0 aliphatic carbocycles. The summed E-state index contributed by atoms with van der Waals surface area (Å²) in [4.78, 5) is 0. The van der Waals surface area contributed by atoms with Crippen molar-refractivity contribution in [3.05, 3.63) is 76.6 Å². The van der Waals surface area contributed by atoms with Crippen molar-refractivity contribution >= 4 is 18.4 Å². The first kappa shape index (κ1) is 18.8. The summed E-state index contributed by atoms with van der Waals surface area (Å²) in [7, 11) is 0. The second kappa shape index (κ2) is 7.47. The maximum Gasteiger partial charge on any atom is 0.417 e. The summed E-state index contributed by atoms with van der Waals surface area (Å²) in [5, 5.41) is 17.9. The van der Waals surface area contributed by atoms with Gasteiger partial charge in [-0.3, -0.25) is 5.10 Å². The highest BCUT2D eigenvalue weighted by molar-refractivity contribution is 7.71. The minimum absolute atomic E-state index is 0.0800. The van der Waals surface area contributed by atoms with E-state index in [1.54, 1.807) is 6.07 Å². The molecule has 6 nitrogen and oxygen atoms in total. The van der Waals surface area contributed by atoms with Crippen molar-refractivity contribution in [1.82, 2.24) is 25.1 Å². The molecular formula is C19H13F3N6S. The van der Waals surface area contributed by atoms with Crippen LogP contribution in [0.15, 0.2) is 65.8 Å². The van der Waals surface area contributed by atoms with Gasteiger partial charge in [-0.2, -0.15) is 33.1 Å². The smallest absolute Gasteiger partial charge is 0.274 e. The van der Waals surface area contributed by atoms with E-state index in [1.807, 2.05) is 30.3 Å². The number of benzene rings is 2. The predicted molar refractivity (Wildman–Crippen MR) is 105 cm³/mol. The molecule has 2 aromatic heterocycles. The summed E-state index contributed by atoms with van der Waals surface area (Å²) in [6.07, 6.45) is -3.39. The first-order chi connectivity index (χ1) is 13.9. The molecule has 0 aliphatic rings. The second-order valence-corrected chi connectivity index (χ2v) is 6.41. The maximum atomic E-state index is 13.2. The quantitative estimate of drug-likeness (QED) is 0.369. The van der Waals surface area contributed by atoms with Crippen LogP contribution in [0.25, 0.3) is 22.8 Å². The third kappa shape index (κ3) is 3.87. The van der Waals surface area contributed by atoms with Crippen LogP contribution in [0.3, 0.4) is 0 Å². The number of rotatable bonds is 4. The molecule has 4 rings (SSSR count). The molecule has 0 atom stereocenters. The van der Waals surface area contributed by atoms with Crippen LogP contribution < -0.4 is 0 Å². The molecule has 2 heterocycles. The summed E-state index contributed by atoms with van der Waals surface area (Å²) in [5.41, 5.74) is 1.24. The molecule has 146 valence electrons. The molecular weight excluding hydrogens is 401 g/mol. The molecule has 0 saturated heterocycles. The lowest BCUT2D eigenvalue weighted by Crippen LogP contribution is -2.09. The molecule has 0 fully saturated rings. The van der Waals surface area contributed by atoms with E-state index in [-0.39, 0.29) is 10.3 Å². The van der Waals surface area contributed by atoms with Crippen molar-refractivity contribution in [3.8, 4) is 22.8 Å².